The molecule has 0 unspecified atom stereocenters. The summed E-state index contributed by atoms with van der Waals surface area (Å²) in [6, 6.07) is 9.95. The van der Waals surface area contributed by atoms with E-state index in [4.69, 9.17) is 5.11 Å². The molecule has 1 aliphatic rings. The minimum absolute atomic E-state index is 0.267. The summed E-state index contributed by atoms with van der Waals surface area (Å²) in [7, 11) is 0. The molecule has 3 nitrogen and oxygen atoms in total. The molecule has 1 aromatic carbocycles. The maximum Gasteiger partial charge on any atom is 0.337 e. The van der Waals surface area contributed by atoms with Crippen molar-refractivity contribution in [2.24, 2.45) is 0 Å². The summed E-state index contributed by atoms with van der Waals surface area (Å²) in [5.41, 5.74) is 3.72. The van der Waals surface area contributed by atoms with Crippen LogP contribution in [0.25, 0.3) is 0 Å². The molecule has 1 aliphatic carbocycles. The van der Waals surface area contributed by atoms with Crippen LogP contribution >= 0.6 is 11.8 Å². The molecular weight excluding hydrogens is 270 g/mol. The Morgan fingerprint density at radius 3 is 2.75 bits per heavy atom. The predicted octanol–water partition coefficient (Wildman–Crippen LogP) is 3.73. The zero-order valence-corrected chi connectivity index (χ0v) is 12.0. The number of hydrogen-bond donors (Lipinski definition) is 1. The van der Waals surface area contributed by atoms with Gasteiger partial charge < -0.3 is 5.11 Å². The molecule has 0 radical (unpaired) electrons. The molecule has 3 rings (SSSR count). The average Bonchev–Trinajstić information content (AvgIpc) is 2.85. The van der Waals surface area contributed by atoms with Crippen LogP contribution in [0.5, 0.6) is 0 Å². The van der Waals surface area contributed by atoms with Crippen LogP contribution < -0.4 is 0 Å². The highest BCUT2D eigenvalue weighted by atomic mass is 32.2. The lowest BCUT2D eigenvalue weighted by Crippen LogP contribution is -2.01. The Kier molecular flexibility index (Phi) is 3.49. The van der Waals surface area contributed by atoms with E-state index in [2.05, 4.69) is 23.2 Å². The fourth-order valence-electron chi connectivity index (χ4n) is 2.55. The van der Waals surface area contributed by atoms with Gasteiger partial charge in [0, 0.05) is 4.90 Å². The number of nitrogens with zero attached hydrogens (tertiary/aromatic N) is 1. The number of carboxylic acids is 1. The molecule has 0 saturated heterocycles. The molecule has 4 heteroatoms. The van der Waals surface area contributed by atoms with Gasteiger partial charge in [-0.25, -0.2) is 9.78 Å². The third-order valence-electron chi connectivity index (χ3n) is 3.58. The number of carboxylic acid groups (broad SMARTS) is 1. The molecular formula is C16H15NO2S. The lowest BCUT2D eigenvalue weighted by Gasteiger charge is -2.06. The van der Waals surface area contributed by atoms with Gasteiger partial charge in [-0.2, -0.15) is 0 Å². The smallest absolute Gasteiger partial charge is 0.337 e. The van der Waals surface area contributed by atoms with Gasteiger partial charge in [-0.3, -0.25) is 0 Å². The molecule has 0 saturated carbocycles. The maximum atomic E-state index is 11.0. The van der Waals surface area contributed by atoms with Gasteiger partial charge in [0.05, 0.1) is 11.3 Å². The summed E-state index contributed by atoms with van der Waals surface area (Å²) < 4.78 is 0. The third-order valence-corrected chi connectivity index (χ3v) is 4.51. The Balaban J connectivity index is 1.84. The Hall–Kier alpha value is -1.81. The van der Waals surface area contributed by atoms with Gasteiger partial charge in [0.1, 0.15) is 5.03 Å². The minimum atomic E-state index is -0.927. The van der Waals surface area contributed by atoms with Crippen LogP contribution in [0.4, 0.5) is 0 Å². The van der Waals surface area contributed by atoms with E-state index in [9.17, 15) is 4.79 Å². The first-order chi connectivity index (χ1) is 9.63. The van der Waals surface area contributed by atoms with Crippen molar-refractivity contribution >= 4 is 17.7 Å². The van der Waals surface area contributed by atoms with E-state index in [1.807, 2.05) is 0 Å². The normalized spacial score (nSPS) is 13.2. The summed E-state index contributed by atoms with van der Waals surface area (Å²) in [5, 5.41) is 9.84. The van der Waals surface area contributed by atoms with E-state index in [1.165, 1.54) is 28.9 Å². The van der Waals surface area contributed by atoms with Crippen LogP contribution in [0, 0.1) is 6.92 Å². The largest absolute Gasteiger partial charge is 0.478 e. The van der Waals surface area contributed by atoms with Crippen molar-refractivity contribution in [1.29, 1.82) is 0 Å². The molecule has 0 amide bonds. The van der Waals surface area contributed by atoms with Crippen LogP contribution in [-0.2, 0) is 12.8 Å². The van der Waals surface area contributed by atoms with Crippen molar-refractivity contribution in [3.8, 4) is 0 Å². The number of rotatable bonds is 3. The third kappa shape index (κ3) is 2.56. The summed E-state index contributed by atoms with van der Waals surface area (Å²) in [6.45, 7) is 1.73. The second kappa shape index (κ2) is 5.29. The highest BCUT2D eigenvalue weighted by molar-refractivity contribution is 7.99. The highest BCUT2D eigenvalue weighted by Crippen LogP contribution is 2.31. The second-order valence-electron chi connectivity index (χ2n) is 4.97. The van der Waals surface area contributed by atoms with Crippen LogP contribution in [0.3, 0.4) is 0 Å². The van der Waals surface area contributed by atoms with Crippen LogP contribution in [0.15, 0.2) is 40.3 Å². The van der Waals surface area contributed by atoms with Crippen molar-refractivity contribution in [3.63, 3.8) is 0 Å². The molecule has 102 valence electrons. The Bertz CT molecular complexity index is 682. The quantitative estimate of drug-likeness (QED) is 0.933. The van der Waals surface area contributed by atoms with Crippen LogP contribution in [0.1, 0.15) is 33.6 Å². The number of aryl methyl sites for hydroxylation is 3. The van der Waals surface area contributed by atoms with Gasteiger partial charge in [0.2, 0.25) is 0 Å². The topological polar surface area (TPSA) is 50.2 Å². The number of benzene rings is 1. The maximum absolute atomic E-state index is 11.0. The predicted molar refractivity (Wildman–Crippen MR) is 78.5 cm³/mol. The van der Waals surface area contributed by atoms with Gasteiger partial charge in [-0.1, -0.05) is 17.8 Å². The van der Waals surface area contributed by atoms with E-state index in [0.717, 1.165) is 11.4 Å². The Morgan fingerprint density at radius 2 is 2.00 bits per heavy atom. The van der Waals surface area contributed by atoms with Gasteiger partial charge in [0.25, 0.3) is 0 Å². The van der Waals surface area contributed by atoms with Crippen molar-refractivity contribution in [1.82, 2.24) is 4.98 Å². The summed E-state index contributed by atoms with van der Waals surface area (Å²) in [5.74, 6) is -0.927. The minimum Gasteiger partial charge on any atom is -0.478 e. The second-order valence-corrected chi connectivity index (χ2v) is 6.07. The first-order valence-electron chi connectivity index (χ1n) is 6.64. The number of hydrogen-bond acceptors (Lipinski definition) is 3. The van der Waals surface area contributed by atoms with Gasteiger partial charge in [0.15, 0.2) is 0 Å². The molecule has 0 aliphatic heterocycles. The van der Waals surface area contributed by atoms with Crippen molar-refractivity contribution in [2.45, 2.75) is 36.1 Å². The van der Waals surface area contributed by atoms with E-state index in [1.54, 1.807) is 30.8 Å². The van der Waals surface area contributed by atoms with E-state index >= 15 is 0 Å². The molecule has 20 heavy (non-hydrogen) atoms. The molecule has 1 aromatic heterocycles. The fourth-order valence-corrected chi connectivity index (χ4v) is 3.45. The monoisotopic (exact) mass is 285 g/mol. The number of aromatic nitrogens is 1. The number of aromatic carboxylic acids is 1. The average molecular weight is 285 g/mol. The number of fused-ring (bicyclic) bond motifs is 1. The van der Waals surface area contributed by atoms with Gasteiger partial charge in [-0.15, -0.1) is 0 Å². The molecule has 0 spiro atoms. The number of carbonyl (C=O) groups is 1. The lowest BCUT2D eigenvalue weighted by molar-refractivity contribution is 0.0695. The van der Waals surface area contributed by atoms with Crippen molar-refractivity contribution in [3.05, 3.63) is 52.7 Å². The highest BCUT2D eigenvalue weighted by Gasteiger charge is 2.12. The van der Waals surface area contributed by atoms with Crippen molar-refractivity contribution in [2.75, 3.05) is 0 Å². The zero-order chi connectivity index (χ0) is 14.1. The first-order valence-corrected chi connectivity index (χ1v) is 7.46. The lowest BCUT2D eigenvalue weighted by atomic mass is 10.1. The fraction of sp³-hybridized carbons (Fsp3) is 0.250. The van der Waals surface area contributed by atoms with Crippen LogP contribution in [0.2, 0.25) is 0 Å². The number of pyridine rings is 1. The SMILES string of the molecule is Cc1nc(Sc2ccc3c(c2)CCC3)ccc1C(=O)O. The molecule has 0 atom stereocenters. The molecule has 0 fully saturated rings. The van der Waals surface area contributed by atoms with E-state index < -0.39 is 5.97 Å². The molecule has 1 N–H and O–H groups in total. The summed E-state index contributed by atoms with van der Waals surface area (Å²) in [6.07, 6.45) is 3.59. The van der Waals surface area contributed by atoms with Gasteiger partial charge in [-0.05, 0) is 61.6 Å². The summed E-state index contributed by atoms with van der Waals surface area (Å²) in [4.78, 5) is 16.5. The van der Waals surface area contributed by atoms with E-state index in [0.29, 0.717) is 5.69 Å². The van der Waals surface area contributed by atoms with E-state index in [-0.39, 0.29) is 5.56 Å². The first kappa shape index (κ1) is 13.2. The molecule has 1 heterocycles. The standard InChI is InChI=1S/C16H15NO2S/c1-10-14(16(18)19)7-8-15(17-10)20-13-6-5-11-3-2-4-12(11)9-13/h5-9H,2-4H2,1H3,(H,18,19). The Morgan fingerprint density at radius 1 is 1.20 bits per heavy atom. The zero-order valence-electron chi connectivity index (χ0n) is 11.2. The van der Waals surface area contributed by atoms with Crippen LogP contribution in [-0.4, -0.2) is 16.1 Å². The molecule has 0 bridgehead atoms. The van der Waals surface area contributed by atoms with Crippen molar-refractivity contribution < 1.29 is 9.90 Å². The summed E-state index contributed by atoms with van der Waals surface area (Å²) >= 11 is 1.58. The molecule has 2 aromatic rings. The Labute approximate surface area is 122 Å². The van der Waals surface area contributed by atoms with Gasteiger partial charge >= 0.3 is 5.97 Å².